The van der Waals surface area contributed by atoms with Crippen LogP contribution in [0.2, 0.25) is 0 Å². The van der Waals surface area contributed by atoms with Crippen molar-refractivity contribution >= 4 is 5.69 Å². The normalized spacial score (nSPS) is 17.1. The highest BCUT2D eigenvalue weighted by atomic mass is 15.3. The molecule has 0 aliphatic carbocycles. The lowest BCUT2D eigenvalue weighted by Crippen LogP contribution is -2.47. The third kappa shape index (κ3) is 3.47. The molecular formula is C15H25N3. The number of nitrogens with one attached hydrogen (secondary N) is 1. The van der Waals surface area contributed by atoms with Crippen molar-refractivity contribution in [3.63, 3.8) is 0 Å². The van der Waals surface area contributed by atoms with E-state index < -0.39 is 0 Å². The molecule has 1 aliphatic heterocycles. The van der Waals surface area contributed by atoms with Crippen LogP contribution in [0.3, 0.4) is 0 Å². The molecule has 1 fully saturated rings. The molecule has 100 valence electrons. The van der Waals surface area contributed by atoms with E-state index in [-0.39, 0.29) is 0 Å². The number of hydrogen-bond acceptors (Lipinski definition) is 3. The zero-order valence-electron chi connectivity index (χ0n) is 11.8. The minimum absolute atomic E-state index is 0.609. The highest BCUT2D eigenvalue weighted by Crippen LogP contribution is 2.19. The van der Waals surface area contributed by atoms with E-state index in [2.05, 4.69) is 60.3 Å². The molecule has 0 radical (unpaired) electrons. The monoisotopic (exact) mass is 247 g/mol. The number of rotatable bonds is 4. The second kappa shape index (κ2) is 6.21. The summed E-state index contributed by atoms with van der Waals surface area (Å²) in [7, 11) is 2.17. The molecule has 1 aliphatic rings. The zero-order valence-corrected chi connectivity index (χ0v) is 11.8. The molecule has 0 spiro atoms. The van der Waals surface area contributed by atoms with Crippen LogP contribution < -0.4 is 10.2 Å². The molecule has 3 nitrogen and oxygen atoms in total. The van der Waals surface area contributed by atoms with Gasteiger partial charge in [-0.3, -0.25) is 4.90 Å². The molecule has 0 bridgehead atoms. The molecule has 0 aromatic heterocycles. The van der Waals surface area contributed by atoms with Gasteiger partial charge in [-0.15, -0.1) is 0 Å². The lowest BCUT2D eigenvalue weighted by Gasteiger charge is -2.32. The van der Waals surface area contributed by atoms with Gasteiger partial charge in [-0.05, 0) is 23.6 Å². The maximum Gasteiger partial charge on any atom is 0.0704 e. The largest absolute Gasteiger partial charge is 0.362 e. The van der Waals surface area contributed by atoms with Crippen LogP contribution in [0.5, 0.6) is 0 Å². The summed E-state index contributed by atoms with van der Waals surface area (Å²) in [6.45, 7) is 10.0. The smallest absolute Gasteiger partial charge is 0.0704 e. The van der Waals surface area contributed by atoms with Crippen LogP contribution in [-0.4, -0.2) is 44.8 Å². The predicted molar refractivity (Wildman–Crippen MR) is 78.2 cm³/mol. The highest BCUT2D eigenvalue weighted by Gasteiger charge is 2.11. The van der Waals surface area contributed by atoms with Gasteiger partial charge in [0, 0.05) is 38.9 Å². The van der Waals surface area contributed by atoms with E-state index in [9.17, 15) is 0 Å². The Morgan fingerprint density at radius 3 is 2.33 bits per heavy atom. The van der Waals surface area contributed by atoms with Crippen LogP contribution in [-0.2, 0) is 0 Å². The lowest BCUT2D eigenvalue weighted by atomic mass is 10.0. The van der Waals surface area contributed by atoms with Crippen molar-refractivity contribution in [3.05, 3.63) is 29.8 Å². The van der Waals surface area contributed by atoms with E-state index in [0.717, 1.165) is 32.8 Å². The van der Waals surface area contributed by atoms with Gasteiger partial charge in [-0.2, -0.15) is 0 Å². The first-order chi connectivity index (χ1) is 8.66. The Kier molecular flexibility index (Phi) is 4.61. The van der Waals surface area contributed by atoms with E-state index in [1.807, 2.05) is 0 Å². The number of nitrogens with zero attached hydrogens (tertiary/aromatic N) is 2. The van der Waals surface area contributed by atoms with Gasteiger partial charge in [0.1, 0.15) is 0 Å². The molecule has 1 aromatic rings. The summed E-state index contributed by atoms with van der Waals surface area (Å²) in [5.74, 6) is 0.609. The SMILES string of the molecule is CC(C)c1ccc(N(C)CN2CCNCC2)cc1. The minimum Gasteiger partial charge on any atom is -0.362 e. The van der Waals surface area contributed by atoms with Crippen molar-refractivity contribution in [1.29, 1.82) is 0 Å². The molecule has 3 heteroatoms. The Hall–Kier alpha value is -1.06. The summed E-state index contributed by atoms with van der Waals surface area (Å²) in [5, 5.41) is 3.39. The van der Waals surface area contributed by atoms with Gasteiger partial charge in [0.2, 0.25) is 0 Å². The van der Waals surface area contributed by atoms with Crippen molar-refractivity contribution in [1.82, 2.24) is 10.2 Å². The van der Waals surface area contributed by atoms with E-state index in [1.54, 1.807) is 0 Å². The van der Waals surface area contributed by atoms with Gasteiger partial charge in [-0.25, -0.2) is 0 Å². The second-order valence-electron chi connectivity index (χ2n) is 5.45. The van der Waals surface area contributed by atoms with Gasteiger partial charge in [-0.1, -0.05) is 26.0 Å². The maximum absolute atomic E-state index is 3.39. The van der Waals surface area contributed by atoms with Crippen LogP contribution in [0.1, 0.15) is 25.3 Å². The van der Waals surface area contributed by atoms with Gasteiger partial charge in [0.25, 0.3) is 0 Å². The predicted octanol–water partition coefficient (Wildman–Crippen LogP) is 2.11. The van der Waals surface area contributed by atoms with Crippen molar-refractivity contribution in [2.75, 3.05) is 44.8 Å². The highest BCUT2D eigenvalue weighted by molar-refractivity contribution is 5.47. The first kappa shape index (κ1) is 13.4. The van der Waals surface area contributed by atoms with E-state index in [4.69, 9.17) is 0 Å². The zero-order chi connectivity index (χ0) is 13.0. The number of anilines is 1. The topological polar surface area (TPSA) is 18.5 Å². The summed E-state index contributed by atoms with van der Waals surface area (Å²) in [6, 6.07) is 8.96. The van der Waals surface area contributed by atoms with Crippen molar-refractivity contribution in [2.45, 2.75) is 19.8 Å². The fraction of sp³-hybridized carbons (Fsp3) is 0.600. The summed E-state index contributed by atoms with van der Waals surface area (Å²) in [4.78, 5) is 4.82. The Balaban J connectivity index is 1.93. The molecule has 0 saturated carbocycles. The minimum atomic E-state index is 0.609. The Bertz CT molecular complexity index is 353. The molecule has 0 amide bonds. The summed E-state index contributed by atoms with van der Waals surface area (Å²) in [6.07, 6.45) is 0. The van der Waals surface area contributed by atoms with Gasteiger partial charge >= 0.3 is 0 Å². The molecule has 0 atom stereocenters. The fourth-order valence-corrected chi connectivity index (χ4v) is 2.35. The average molecular weight is 247 g/mol. The van der Waals surface area contributed by atoms with Gasteiger partial charge in [0.15, 0.2) is 0 Å². The molecule has 2 rings (SSSR count). The van der Waals surface area contributed by atoms with Crippen molar-refractivity contribution < 1.29 is 0 Å². The van der Waals surface area contributed by atoms with Crippen LogP contribution in [0.15, 0.2) is 24.3 Å². The molecule has 18 heavy (non-hydrogen) atoms. The van der Waals surface area contributed by atoms with Gasteiger partial charge in [0.05, 0.1) is 6.67 Å². The van der Waals surface area contributed by atoms with E-state index in [0.29, 0.717) is 5.92 Å². The average Bonchev–Trinajstić information content (AvgIpc) is 2.40. The van der Waals surface area contributed by atoms with Crippen molar-refractivity contribution in [3.8, 4) is 0 Å². The Labute approximate surface area is 111 Å². The lowest BCUT2D eigenvalue weighted by molar-refractivity contribution is 0.243. The number of benzene rings is 1. The van der Waals surface area contributed by atoms with Crippen LogP contribution >= 0.6 is 0 Å². The fourth-order valence-electron chi connectivity index (χ4n) is 2.35. The van der Waals surface area contributed by atoms with Crippen molar-refractivity contribution in [2.24, 2.45) is 0 Å². The molecule has 1 N–H and O–H groups in total. The summed E-state index contributed by atoms with van der Waals surface area (Å²) < 4.78 is 0. The first-order valence-corrected chi connectivity index (χ1v) is 6.91. The van der Waals surface area contributed by atoms with Crippen LogP contribution in [0.4, 0.5) is 5.69 Å². The molecule has 0 unspecified atom stereocenters. The summed E-state index contributed by atoms with van der Waals surface area (Å²) >= 11 is 0. The second-order valence-corrected chi connectivity index (χ2v) is 5.45. The molecular weight excluding hydrogens is 222 g/mol. The van der Waals surface area contributed by atoms with Crippen LogP contribution in [0.25, 0.3) is 0 Å². The number of hydrogen-bond donors (Lipinski definition) is 1. The first-order valence-electron chi connectivity index (χ1n) is 6.91. The number of piperazine rings is 1. The van der Waals surface area contributed by atoms with E-state index in [1.165, 1.54) is 11.3 Å². The van der Waals surface area contributed by atoms with Crippen LogP contribution in [0, 0.1) is 0 Å². The van der Waals surface area contributed by atoms with E-state index >= 15 is 0 Å². The standard InChI is InChI=1S/C15H25N3/c1-13(2)14-4-6-15(7-5-14)17(3)12-18-10-8-16-9-11-18/h4-7,13,16H,8-12H2,1-3H3. The quantitative estimate of drug-likeness (QED) is 0.879. The molecule has 1 heterocycles. The third-order valence-electron chi connectivity index (χ3n) is 3.62. The Morgan fingerprint density at radius 2 is 1.78 bits per heavy atom. The van der Waals surface area contributed by atoms with Gasteiger partial charge < -0.3 is 10.2 Å². The summed E-state index contributed by atoms with van der Waals surface area (Å²) in [5.41, 5.74) is 2.72. The maximum atomic E-state index is 3.39. The third-order valence-corrected chi connectivity index (χ3v) is 3.62. The Morgan fingerprint density at radius 1 is 1.17 bits per heavy atom. The molecule has 1 saturated heterocycles. The molecule has 1 aromatic carbocycles.